The number of nitrogen functional groups attached to an aromatic ring is 1. The van der Waals surface area contributed by atoms with E-state index < -0.39 is 5.97 Å². The number of ether oxygens (including phenoxy) is 1. The largest absolute Gasteiger partial charge is 0.465 e. The Labute approximate surface area is 117 Å². The Bertz CT molecular complexity index is 607. The van der Waals surface area contributed by atoms with Crippen molar-refractivity contribution in [3.63, 3.8) is 0 Å². The van der Waals surface area contributed by atoms with Crippen LogP contribution in [0.25, 0.3) is 0 Å². The Morgan fingerprint density at radius 1 is 1.45 bits per heavy atom. The number of nitrogens with one attached hydrogen (secondary N) is 1. The summed E-state index contributed by atoms with van der Waals surface area (Å²) in [5.41, 5.74) is 8.51. The average molecular weight is 274 g/mol. The van der Waals surface area contributed by atoms with Crippen molar-refractivity contribution in [1.82, 2.24) is 9.78 Å². The third-order valence-corrected chi connectivity index (χ3v) is 3.09. The van der Waals surface area contributed by atoms with Gasteiger partial charge in [-0.3, -0.25) is 4.68 Å². The van der Waals surface area contributed by atoms with E-state index in [1.54, 1.807) is 18.3 Å². The molecule has 0 saturated heterocycles. The molecular formula is C14H18N4O2. The minimum atomic E-state index is -0.433. The fraction of sp³-hybridized carbons (Fsp3) is 0.286. The first-order chi connectivity index (χ1) is 9.61. The molecule has 0 aliphatic rings. The fourth-order valence-corrected chi connectivity index (χ4v) is 1.93. The lowest BCUT2D eigenvalue weighted by Gasteiger charge is -2.09. The maximum atomic E-state index is 11.6. The summed E-state index contributed by atoms with van der Waals surface area (Å²) in [5, 5.41) is 7.37. The zero-order chi connectivity index (χ0) is 14.5. The number of aryl methyl sites for hydroxylation is 1. The summed E-state index contributed by atoms with van der Waals surface area (Å²) in [6.07, 6.45) is 2.61. The lowest BCUT2D eigenvalue weighted by atomic mass is 10.1. The quantitative estimate of drug-likeness (QED) is 0.637. The highest BCUT2D eigenvalue weighted by molar-refractivity contribution is 5.96. The van der Waals surface area contributed by atoms with Gasteiger partial charge in [-0.1, -0.05) is 0 Å². The molecule has 0 saturated carbocycles. The van der Waals surface area contributed by atoms with Crippen LogP contribution in [0, 0.1) is 0 Å². The smallest absolute Gasteiger partial charge is 0.340 e. The van der Waals surface area contributed by atoms with Gasteiger partial charge in [0.05, 0.1) is 12.7 Å². The molecule has 0 fully saturated rings. The van der Waals surface area contributed by atoms with E-state index in [-0.39, 0.29) is 0 Å². The summed E-state index contributed by atoms with van der Waals surface area (Å²) in [6.45, 7) is 0.740. The van der Waals surface area contributed by atoms with Gasteiger partial charge in [0.25, 0.3) is 0 Å². The summed E-state index contributed by atoms with van der Waals surface area (Å²) in [7, 11) is 3.25. The van der Waals surface area contributed by atoms with Gasteiger partial charge >= 0.3 is 5.97 Å². The summed E-state index contributed by atoms with van der Waals surface area (Å²) < 4.78 is 6.53. The van der Waals surface area contributed by atoms with Crippen molar-refractivity contribution >= 4 is 17.3 Å². The van der Waals surface area contributed by atoms with Crippen LogP contribution in [-0.2, 0) is 18.2 Å². The summed E-state index contributed by atoms with van der Waals surface area (Å²) in [4.78, 5) is 11.6. The second-order valence-electron chi connectivity index (χ2n) is 4.42. The van der Waals surface area contributed by atoms with E-state index in [9.17, 15) is 4.79 Å². The number of nitrogens with zero attached hydrogens (tertiary/aromatic N) is 2. The van der Waals surface area contributed by atoms with Crippen molar-refractivity contribution in [2.24, 2.45) is 7.05 Å². The van der Waals surface area contributed by atoms with Crippen LogP contribution in [-0.4, -0.2) is 29.4 Å². The number of rotatable bonds is 5. The van der Waals surface area contributed by atoms with Crippen LogP contribution in [0.3, 0.4) is 0 Å². The Morgan fingerprint density at radius 2 is 2.25 bits per heavy atom. The van der Waals surface area contributed by atoms with Gasteiger partial charge in [-0.25, -0.2) is 4.79 Å². The average Bonchev–Trinajstić information content (AvgIpc) is 2.85. The first-order valence-electron chi connectivity index (χ1n) is 6.30. The molecule has 0 aliphatic heterocycles. The van der Waals surface area contributed by atoms with Crippen molar-refractivity contribution in [2.45, 2.75) is 6.42 Å². The third-order valence-electron chi connectivity index (χ3n) is 3.09. The summed E-state index contributed by atoms with van der Waals surface area (Å²) in [5.74, 6) is -0.433. The molecule has 3 N–H and O–H groups in total. The van der Waals surface area contributed by atoms with Crippen LogP contribution in [0.2, 0.25) is 0 Å². The fourth-order valence-electron chi connectivity index (χ4n) is 1.93. The second-order valence-corrected chi connectivity index (χ2v) is 4.42. The van der Waals surface area contributed by atoms with Crippen LogP contribution in [0.15, 0.2) is 30.5 Å². The third kappa shape index (κ3) is 3.09. The predicted molar refractivity (Wildman–Crippen MR) is 77.6 cm³/mol. The number of benzene rings is 1. The van der Waals surface area contributed by atoms with Crippen LogP contribution in [0.4, 0.5) is 11.4 Å². The first-order valence-corrected chi connectivity index (χ1v) is 6.30. The molecule has 0 spiro atoms. The Hall–Kier alpha value is -2.50. The molecule has 106 valence electrons. The van der Waals surface area contributed by atoms with E-state index >= 15 is 0 Å². The van der Waals surface area contributed by atoms with Gasteiger partial charge in [-0.2, -0.15) is 5.10 Å². The molecule has 1 aromatic carbocycles. The van der Waals surface area contributed by atoms with Crippen molar-refractivity contribution in [1.29, 1.82) is 0 Å². The number of aromatic nitrogens is 2. The highest BCUT2D eigenvalue weighted by Gasteiger charge is 2.10. The Balaban J connectivity index is 2.00. The Kier molecular flexibility index (Phi) is 4.24. The number of methoxy groups -OCH3 is 1. The van der Waals surface area contributed by atoms with Crippen molar-refractivity contribution in [2.75, 3.05) is 24.7 Å². The molecule has 0 bridgehead atoms. The molecule has 1 heterocycles. The SMILES string of the molecule is COC(=O)c1cc(NCCc2ccnn2C)ccc1N. The molecule has 20 heavy (non-hydrogen) atoms. The van der Waals surface area contributed by atoms with Gasteiger partial charge in [0, 0.05) is 43.3 Å². The molecule has 0 amide bonds. The van der Waals surface area contributed by atoms with E-state index in [1.807, 2.05) is 23.9 Å². The topological polar surface area (TPSA) is 82.2 Å². The van der Waals surface area contributed by atoms with Crippen LogP contribution >= 0.6 is 0 Å². The number of carbonyl (C=O) groups excluding carboxylic acids is 1. The van der Waals surface area contributed by atoms with E-state index in [0.29, 0.717) is 11.3 Å². The Morgan fingerprint density at radius 3 is 2.90 bits per heavy atom. The van der Waals surface area contributed by atoms with Crippen LogP contribution in [0.1, 0.15) is 16.1 Å². The maximum Gasteiger partial charge on any atom is 0.340 e. The van der Waals surface area contributed by atoms with Gasteiger partial charge in [0.2, 0.25) is 0 Å². The molecule has 0 aliphatic carbocycles. The molecule has 6 nitrogen and oxygen atoms in total. The molecule has 2 aromatic rings. The monoisotopic (exact) mass is 274 g/mol. The van der Waals surface area contributed by atoms with Crippen LogP contribution < -0.4 is 11.1 Å². The molecule has 0 radical (unpaired) electrons. The van der Waals surface area contributed by atoms with Gasteiger partial charge in [0.1, 0.15) is 0 Å². The van der Waals surface area contributed by atoms with E-state index in [1.165, 1.54) is 7.11 Å². The highest BCUT2D eigenvalue weighted by atomic mass is 16.5. The number of hydrogen-bond donors (Lipinski definition) is 2. The molecule has 2 rings (SSSR count). The molecular weight excluding hydrogens is 256 g/mol. The molecule has 1 aromatic heterocycles. The minimum absolute atomic E-state index is 0.373. The molecule has 6 heteroatoms. The van der Waals surface area contributed by atoms with Crippen molar-refractivity contribution in [3.05, 3.63) is 41.7 Å². The molecule has 0 atom stereocenters. The van der Waals surface area contributed by atoms with Gasteiger partial charge < -0.3 is 15.8 Å². The van der Waals surface area contributed by atoms with Crippen molar-refractivity contribution in [3.8, 4) is 0 Å². The van der Waals surface area contributed by atoms with Crippen LogP contribution in [0.5, 0.6) is 0 Å². The highest BCUT2D eigenvalue weighted by Crippen LogP contribution is 2.18. The van der Waals surface area contributed by atoms with Gasteiger partial charge in [-0.15, -0.1) is 0 Å². The number of anilines is 2. The standard InChI is InChI=1S/C14H18N4O2/c1-18-11(6-8-17-18)5-7-16-10-3-4-13(15)12(9-10)14(19)20-2/h3-4,6,8-9,16H,5,7,15H2,1-2H3. The first kappa shape index (κ1) is 13.9. The lowest BCUT2D eigenvalue weighted by Crippen LogP contribution is -2.10. The summed E-state index contributed by atoms with van der Waals surface area (Å²) in [6, 6.07) is 7.21. The normalized spacial score (nSPS) is 10.3. The predicted octanol–water partition coefficient (Wildman–Crippen LogP) is 1.44. The van der Waals surface area contributed by atoms with E-state index in [2.05, 4.69) is 10.4 Å². The lowest BCUT2D eigenvalue weighted by molar-refractivity contribution is 0.0602. The van der Waals surface area contributed by atoms with E-state index in [4.69, 9.17) is 10.5 Å². The second kappa shape index (κ2) is 6.10. The number of hydrogen-bond acceptors (Lipinski definition) is 5. The maximum absolute atomic E-state index is 11.6. The van der Waals surface area contributed by atoms with E-state index in [0.717, 1.165) is 24.3 Å². The number of nitrogens with two attached hydrogens (primary N) is 1. The van der Waals surface area contributed by atoms with Gasteiger partial charge in [-0.05, 0) is 24.3 Å². The zero-order valence-corrected chi connectivity index (χ0v) is 11.6. The van der Waals surface area contributed by atoms with Crippen molar-refractivity contribution < 1.29 is 9.53 Å². The summed E-state index contributed by atoms with van der Waals surface area (Å²) >= 11 is 0. The van der Waals surface area contributed by atoms with Gasteiger partial charge in [0.15, 0.2) is 0 Å². The minimum Gasteiger partial charge on any atom is -0.465 e. The molecule has 0 unspecified atom stereocenters. The number of carbonyl (C=O) groups is 1. The number of esters is 1. The zero-order valence-electron chi connectivity index (χ0n) is 11.6.